The number of aryl methyl sites for hydroxylation is 1. The minimum Gasteiger partial charge on any atom is -0.394 e. The van der Waals surface area contributed by atoms with Gasteiger partial charge in [-0.05, 0) is 31.0 Å². The van der Waals surface area contributed by atoms with Gasteiger partial charge in [-0.25, -0.2) is 0 Å². The van der Waals surface area contributed by atoms with Crippen molar-refractivity contribution in [1.29, 1.82) is 0 Å². The van der Waals surface area contributed by atoms with Gasteiger partial charge in [-0.3, -0.25) is 15.2 Å². The van der Waals surface area contributed by atoms with Crippen LogP contribution in [0.4, 0.5) is 29.0 Å². The first-order valence-electron chi connectivity index (χ1n) is 12.3. The van der Waals surface area contributed by atoms with Crippen LogP contribution in [0.3, 0.4) is 0 Å². The highest BCUT2D eigenvalue weighted by atomic mass is 16.6. The molecule has 6 N–H and O–H groups in total. The molecule has 1 aromatic heterocycles. The molecule has 1 saturated heterocycles. The Hall–Kier alpha value is -3.52. The maximum atomic E-state index is 12.2. The van der Waals surface area contributed by atoms with Crippen molar-refractivity contribution < 1.29 is 29.6 Å². The van der Waals surface area contributed by atoms with Crippen molar-refractivity contribution in [2.24, 2.45) is 0 Å². The molecule has 1 aromatic carbocycles. The third kappa shape index (κ3) is 5.16. The number of hydrazine groups is 1. The van der Waals surface area contributed by atoms with Gasteiger partial charge in [0.05, 0.1) is 6.61 Å². The van der Waals surface area contributed by atoms with E-state index in [1.54, 1.807) is 11.8 Å². The fraction of sp³-hybridized carbons (Fsp3) is 0.500. The molecule has 2 unspecified atom stereocenters. The van der Waals surface area contributed by atoms with Crippen LogP contribution in [0.1, 0.15) is 32.3 Å². The van der Waals surface area contributed by atoms with Gasteiger partial charge in [-0.1, -0.05) is 19.1 Å². The van der Waals surface area contributed by atoms with Gasteiger partial charge in [0, 0.05) is 25.1 Å². The number of amides is 1. The summed E-state index contributed by atoms with van der Waals surface area (Å²) in [6.07, 6.45) is -2.47. The molecule has 37 heavy (non-hydrogen) atoms. The summed E-state index contributed by atoms with van der Waals surface area (Å²) in [5.74, 6) is 0.434. The number of carbonyl (C=O) groups is 2. The molecule has 1 fully saturated rings. The lowest BCUT2D eigenvalue weighted by atomic mass is 10.1. The van der Waals surface area contributed by atoms with Crippen molar-refractivity contribution in [3.63, 3.8) is 0 Å². The van der Waals surface area contributed by atoms with Crippen LogP contribution in [0.2, 0.25) is 0 Å². The molecule has 2 aromatic rings. The Kier molecular flexibility index (Phi) is 8.07. The highest BCUT2D eigenvalue weighted by Crippen LogP contribution is 2.42. The highest BCUT2D eigenvalue weighted by molar-refractivity contribution is 5.87. The number of nitrogens with zero attached hydrogens (tertiary/aromatic N) is 5. The number of aliphatic hydroxyl groups excluding tert-OH is 3. The van der Waals surface area contributed by atoms with Crippen LogP contribution < -0.4 is 26.0 Å². The lowest BCUT2D eigenvalue weighted by molar-refractivity contribution is -0.121. The van der Waals surface area contributed by atoms with E-state index in [1.165, 1.54) is 5.01 Å². The van der Waals surface area contributed by atoms with Gasteiger partial charge in [-0.15, -0.1) is 0 Å². The standard InChI is InChI=1S/C24H33N7O6/c1-3-17(34)28-31-13-30(23-20(36)19(35)16(12-33)37-23)22-18(31)21(25)26-24(27-22)29(4-2)15-9-7-14(8-10-15)6-5-11-32/h7-11,16,19-20,23,33,35-36H,3-6,12-13H2,1-2H3,(H,28,34)(H2,25,26,27)/t16-,19?,20?,23-/m1/s1. The SMILES string of the molecule is CCC(=O)NN1CN([C@@H]2O[C@H](CO)C(O)C2O)c2nc(N(CC)c3ccc(CCC=O)cc3)nc(N)c21. The molecule has 200 valence electrons. The Morgan fingerprint density at radius 3 is 2.57 bits per heavy atom. The zero-order valence-electron chi connectivity index (χ0n) is 20.8. The topological polar surface area (TPSA) is 178 Å². The summed E-state index contributed by atoms with van der Waals surface area (Å²) in [7, 11) is 0. The monoisotopic (exact) mass is 515 g/mol. The summed E-state index contributed by atoms with van der Waals surface area (Å²) >= 11 is 0. The third-order valence-electron chi connectivity index (χ3n) is 6.48. The van der Waals surface area contributed by atoms with Crippen molar-refractivity contribution in [3.8, 4) is 0 Å². The van der Waals surface area contributed by atoms with Crippen molar-refractivity contribution in [2.75, 3.05) is 40.4 Å². The molecule has 0 aliphatic carbocycles. The minimum absolute atomic E-state index is 0.0214. The molecule has 13 nitrogen and oxygen atoms in total. The molecular weight excluding hydrogens is 482 g/mol. The van der Waals surface area contributed by atoms with E-state index in [-0.39, 0.29) is 24.8 Å². The number of hydrogen-bond donors (Lipinski definition) is 5. The van der Waals surface area contributed by atoms with E-state index in [1.807, 2.05) is 36.1 Å². The Labute approximate surface area is 214 Å². The van der Waals surface area contributed by atoms with E-state index in [4.69, 9.17) is 15.5 Å². The first kappa shape index (κ1) is 26.5. The van der Waals surface area contributed by atoms with Gasteiger partial charge in [0.1, 0.15) is 37.0 Å². The molecule has 2 aliphatic rings. The molecular formula is C24H33N7O6. The van der Waals surface area contributed by atoms with Crippen LogP contribution in [0, 0.1) is 0 Å². The van der Waals surface area contributed by atoms with Crippen molar-refractivity contribution >= 4 is 41.2 Å². The molecule has 2 aliphatic heterocycles. The molecule has 0 radical (unpaired) electrons. The van der Waals surface area contributed by atoms with E-state index >= 15 is 0 Å². The summed E-state index contributed by atoms with van der Waals surface area (Å²) in [6.45, 7) is 3.70. The van der Waals surface area contributed by atoms with Gasteiger partial charge in [-0.2, -0.15) is 9.97 Å². The molecule has 0 bridgehead atoms. The largest absolute Gasteiger partial charge is 0.394 e. The minimum atomic E-state index is -1.34. The predicted molar refractivity (Wildman–Crippen MR) is 136 cm³/mol. The first-order chi connectivity index (χ1) is 17.8. The number of ether oxygens (including phenoxy) is 1. The summed E-state index contributed by atoms with van der Waals surface area (Å²) in [4.78, 5) is 35.6. The van der Waals surface area contributed by atoms with E-state index in [0.717, 1.165) is 17.5 Å². The number of hydrogen-bond acceptors (Lipinski definition) is 12. The number of nitrogen functional groups attached to an aromatic ring is 1. The van der Waals surface area contributed by atoms with Crippen molar-refractivity contribution in [1.82, 2.24) is 15.4 Å². The number of aromatic nitrogens is 2. The molecule has 0 saturated carbocycles. The van der Waals surface area contributed by atoms with Crippen LogP contribution in [-0.4, -0.2) is 81.8 Å². The van der Waals surface area contributed by atoms with Gasteiger partial charge in [0.25, 0.3) is 0 Å². The van der Waals surface area contributed by atoms with Crippen molar-refractivity contribution in [3.05, 3.63) is 29.8 Å². The Morgan fingerprint density at radius 1 is 1.24 bits per heavy atom. The smallest absolute Gasteiger partial charge is 0.238 e. The molecule has 0 spiro atoms. The first-order valence-corrected chi connectivity index (χ1v) is 12.3. The number of fused-ring (bicyclic) bond motifs is 1. The van der Waals surface area contributed by atoms with E-state index < -0.39 is 31.1 Å². The van der Waals surface area contributed by atoms with Gasteiger partial charge >= 0.3 is 0 Å². The normalized spacial score (nSPS) is 22.7. The number of aliphatic hydroxyl groups is 3. The zero-order chi connectivity index (χ0) is 26.7. The van der Waals surface area contributed by atoms with Crippen LogP contribution in [0.25, 0.3) is 0 Å². The van der Waals surface area contributed by atoms with Gasteiger partial charge in [0.2, 0.25) is 11.9 Å². The molecule has 4 atom stereocenters. The Balaban J connectivity index is 1.72. The maximum absolute atomic E-state index is 12.2. The van der Waals surface area contributed by atoms with Gasteiger partial charge < -0.3 is 40.4 Å². The van der Waals surface area contributed by atoms with Crippen LogP contribution in [0.5, 0.6) is 0 Å². The lowest BCUT2D eigenvalue weighted by Gasteiger charge is -2.28. The van der Waals surface area contributed by atoms with Crippen molar-refractivity contribution in [2.45, 2.75) is 57.6 Å². The summed E-state index contributed by atoms with van der Waals surface area (Å²) in [6, 6.07) is 7.69. The number of anilines is 5. The average Bonchev–Trinajstić information content (AvgIpc) is 3.40. The maximum Gasteiger partial charge on any atom is 0.238 e. The second kappa shape index (κ2) is 11.3. The molecule has 4 rings (SSSR count). The molecule has 3 heterocycles. The molecule has 13 heteroatoms. The number of nitrogens with two attached hydrogens (primary N) is 1. The second-order valence-corrected chi connectivity index (χ2v) is 8.85. The van der Waals surface area contributed by atoms with E-state index in [0.29, 0.717) is 36.8 Å². The number of benzene rings is 1. The highest BCUT2D eigenvalue weighted by Gasteiger charge is 2.49. The Bertz CT molecular complexity index is 1120. The lowest BCUT2D eigenvalue weighted by Crippen LogP contribution is -2.50. The second-order valence-electron chi connectivity index (χ2n) is 8.85. The van der Waals surface area contributed by atoms with Gasteiger partial charge in [0.15, 0.2) is 17.9 Å². The quantitative estimate of drug-likeness (QED) is 0.264. The number of carbonyl (C=O) groups excluding carboxylic acids is 2. The van der Waals surface area contributed by atoms with Crippen LogP contribution in [0.15, 0.2) is 24.3 Å². The Morgan fingerprint density at radius 2 is 1.97 bits per heavy atom. The van der Waals surface area contributed by atoms with E-state index in [2.05, 4.69) is 10.4 Å². The summed E-state index contributed by atoms with van der Waals surface area (Å²) < 4.78 is 5.75. The number of aldehydes is 1. The average molecular weight is 516 g/mol. The summed E-state index contributed by atoms with van der Waals surface area (Å²) in [5.41, 5.74) is 11.3. The number of rotatable bonds is 10. The predicted octanol–water partition coefficient (Wildman–Crippen LogP) is -0.188. The third-order valence-corrected chi connectivity index (χ3v) is 6.48. The fourth-order valence-electron chi connectivity index (χ4n) is 4.48. The molecule has 1 amide bonds. The van der Waals surface area contributed by atoms with E-state index in [9.17, 15) is 24.9 Å². The van der Waals surface area contributed by atoms with Crippen LogP contribution >= 0.6 is 0 Å². The number of nitrogens with one attached hydrogen (secondary N) is 1. The van der Waals surface area contributed by atoms with Crippen LogP contribution in [-0.2, 0) is 20.7 Å². The zero-order valence-corrected chi connectivity index (χ0v) is 20.8. The fourth-order valence-corrected chi connectivity index (χ4v) is 4.48. The summed E-state index contributed by atoms with van der Waals surface area (Å²) in [5, 5.41) is 32.0.